The molecule has 1 aromatic heterocycles. The Balaban J connectivity index is 0.00000280. The maximum Gasteiger partial charge on any atom is 0.209 e. The number of halogens is 3. The second-order valence-corrected chi connectivity index (χ2v) is 7.71. The molecule has 6 nitrogen and oxygen atoms in total. The number of nitrogens with one attached hydrogen (secondary N) is 1. The number of ether oxygens (including phenoxy) is 1. The average molecular weight is 460 g/mol. The van der Waals surface area contributed by atoms with Crippen LogP contribution in [0, 0.1) is 0 Å². The maximum atomic E-state index is 6.15. The maximum absolute atomic E-state index is 6.15. The van der Waals surface area contributed by atoms with Gasteiger partial charge in [-0.15, -0.1) is 5.10 Å². The quantitative estimate of drug-likeness (QED) is 0.380. The Morgan fingerprint density at radius 1 is 1.11 bits per heavy atom. The summed E-state index contributed by atoms with van der Waals surface area (Å²) in [6.45, 7) is 1.94. The first-order valence-corrected chi connectivity index (χ1v) is 10.1. The third-order valence-electron chi connectivity index (χ3n) is 3.74. The molecule has 0 spiro atoms. The number of hydrogen-bond donors (Lipinski definition) is 1. The van der Waals surface area contributed by atoms with Gasteiger partial charge in [0.25, 0.3) is 0 Å². The number of rotatable bonds is 9. The molecule has 0 saturated heterocycles. The van der Waals surface area contributed by atoms with Crippen LogP contribution in [0.2, 0.25) is 10.0 Å². The van der Waals surface area contributed by atoms with Gasteiger partial charge in [0.15, 0.2) is 0 Å². The first kappa shape index (κ1) is 22.8. The van der Waals surface area contributed by atoms with Gasteiger partial charge >= 0.3 is 0 Å². The van der Waals surface area contributed by atoms with Crippen LogP contribution >= 0.6 is 35.0 Å². The van der Waals surface area contributed by atoms with Gasteiger partial charge in [0.1, 0.15) is 12.4 Å². The van der Waals surface area contributed by atoms with E-state index in [0.29, 0.717) is 23.2 Å². The van der Waals surface area contributed by atoms with Crippen molar-refractivity contribution in [3.8, 4) is 5.75 Å². The molecule has 1 heterocycles. The van der Waals surface area contributed by atoms with Crippen molar-refractivity contribution >= 4 is 35.0 Å². The van der Waals surface area contributed by atoms with Gasteiger partial charge in [-0.3, -0.25) is 0 Å². The first-order chi connectivity index (χ1) is 13.1. The molecule has 0 aliphatic heterocycles. The predicted octanol–water partition coefficient (Wildman–Crippen LogP) is 0.982. The predicted molar refractivity (Wildman–Crippen MR) is 108 cm³/mol. The van der Waals surface area contributed by atoms with Crippen molar-refractivity contribution in [2.45, 2.75) is 18.3 Å². The smallest absolute Gasteiger partial charge is 0.209 e. The molecule has 3 aromatic rings. The summed E-state index contributed by atoms with van der Waals surface area (Å²) in [5, 5.41) is 17.0. The van der Waals surface area contributed by atoms with Crippen LogP contribution in [-0.2, 0) is 20.2 Å². The normalized spacial score (nSPS) is 10.5. The molecule has 1 N–H and O–H groups in total. The molecule has 0 atom stereocenters. The summed E-state index contributed by atoms with van der Waals surface area (Å²) in [5.41, 5.74) is 2.07. The summed E-state index contributed by atoms with van der Waals surface area (Å²) in [7, 11) is 1.83. The van der Waals surface area contributed by atoms with Crippen LogP contribution in [0.1, 0.15) is 11.1 Å². The van der Waals surface area contributed by atoms with E-state index in [1.54, 1.807) is 16.4 Å². The minimum absolute atomic E-state index is 0. The van der Waals surface area contributed by atoms with E-state index in [0.717, 1.165) is 34.3 Å². The lowest BCUT2D eigenvalue weighted by molar-refractivity contribution is -0.00000584. The molecule has 0 aliphatic carbocycles. The highest BCUT2D eigenvalue weighted by Gasteiger charge is 2.07. The zero-order valence-corrected chi connectivity index (χ0v) is 18.2. The summed E-state index contributed by atoms with van der Waals surface area (Å²) in [6.07, 6.45) is 0. The lowest BCUT2D eigenvalue weighted by Gasteiger charge is -2.13. The van der Waals surface area contributed by atoms with E-state index < -0.39 is 0 Å². The van der Waals surface area contributed by atoms with Gasteiger partial charge in [0.2, 0.25) is 5.16 Å². The number of nitrogens with zero attached hydrogens (tertiary/aromatic N) is 4. The fraction of sp³-hybridized carbons (Fsp3) is 0.278. The first-order valence-electron chi connectivity index (χ1n) is 8.33. The van der Waals surface area contributed by atoms with E-state index in [1.165, 1.54) is 0 Å². The van der Waals surface area contributed by atoms with Gasteiger partial charge in [-0.1, -0.05) is 47.1 Å². The van der Waals surface area contributed by atoms with Gasteiger partial charge < -0.3 is 22.5 Å². The highest BCUT2D eigenvalue weighted by Crippen LogP contribution is 2.24. The molecule has 150 valence electrons. The SMILES string of the molecule is Cn1nnnc1SCCNCc1cc(Cl)ccc1OCc1ccc(Cl)cc1.[Cl-]. The zero-order chi connectivity index (χ0) is 19.1. The van der Waals surface area contributed by atoms with Crippen molar-refractivity contribution in [3.63, 3.8) is 0 Å². The van der Waals surface area contributed by atoms with Gasteiger partial charge in [-0.05, 0) is 46.3 Å². The van der Waals surface area contributed by atoms with Crippen LogP contribution < -0.4 is 22.5 Å². The van der Waals surface area contributed by atoms with Crippen LogP contribution in [0.3, 0.4) is 0 Å². The Morgan fingerprint density at radius 3 is 2.57 bits per heavy atom. The highest BCUT2D eigenvalue weighted by molar-refractivity contribution is 7.99. The Bertz CT molecular complexity index is 876. The summed E-state index contributed by atoms with van der Waals surface area (Å²) < 4.78 is 7.63. The van der Waals surface area contributed by atoms with Crippen LogP contribution in [0.25, 0.3) is 0 Å². The minimum Gasteiger partial charge on any atom is -1.00 e. The Morgan fingerprint density at radius 2 is 1.86 bits per heavy atom. The van der Waals surface area contributed by atoms with Crippen LogP contribution in [0.15, 0.2) is 47.6 Å². The standard InChI is InChI=1S/C18H19Cl2N5OS.ClH/c1-25-18(22-23-24-25)27-9-8-21-11-14-10-16(20)6-7-17(14)26-12-13-2-4-15(19)5-3-13;/h2-7,10,21H,8-9,11-12H2,1H3;1H/p-1. The van der Waals surface area contributed by atoms with Crippen molar-refractivity contribution in [2.75, 3.05) is 12.3 Å². The molecular formula is C18H19Cl3N5OS-. The number of aryl methyl sites for hydroxylation is 1. The number of aromatic nitrogens is 4. The second-order valence-electron chi connectivity index (χ2n) is 5.78. The minimum atomic E-state index is 0. The lowest BCUT2D eigenvalue weighted by Crippen LogP contribution is -3.00. The van der Waals surface area contributed by atoms with Crippen molar-refractivity contribution in [3.05, 3.63) is 63.6 Å². The van der Waals surface area contributed by atoms with Gasteiger partial charge in [-0.2, -0.15) is 0 Å². The van der Waals surface area contributed by atoms with Crippen molar-refractivity contribution in [2.24, 2.45) is 7.05 Å². The summed E-state index contributed by atoms with van der Waals surface area (Å²) in [6, 6.07) is 13.3. The molecule has 28 heavy (non-hydrogen) atoms. The number of benzene rings is 2. The third kappa shape index (κ3) is 6.83. The largest absolute Gasteiger partial charge is 1.00 e. The van der Waals surface area contributed by atoms with E-state index in [-0.39, 0.29) is 12.4 Å². The second kappa shape index (κ2) is 11.5. The van der Waals surface area contributed by atoms with E-state index in [1.807, 2.05) is 49.5 Å². The number of hydrogen-bond acceptors (Lipinski definition) is 6. The molecule has 10 heteroatoms. The highest BCUT2D eigenvalue weighted by atomic mass is 35.5. The molecule has 0 bridgehead atoms. The fourth-order valence-electron chi connectivity index (χ4n) is 2.35. The Hall–Kier alpha value is -1.51. The summed E-state index contributed by atoms with van der Waals surface area (Å²) >= 11 is 13.7. The van der Waals surface area contributed by atoms with Gasteiger partial charge in [0, 0.05) is 41.5 Å². The molecule has 2 aromatic carbocycles. The average Bonchev–Trinajstić information content (AvgIpc) is 3.07. The van der Waals surface area contributed by atoms with Gasteiger partial charge in [-0.25, -0.2) is 4.68 Å². The van der Waals surface area contributed by atoms with E-state index in [9.17, 15) is 0 Å². The van der Waals surface area contributed by atoms with Crippen molar-refractivity contribution in [1.29, 1.82) is 0 Å². The molecule has 0 aliphatic rings. The van der Waals surface area contributed by atoms with Crippen LogP contribution in [0.4, 0.5) is 0 Å². The Labute approximate surface area is 184 Å². The lowest BCUT2D eigenvalue weighted by atomic mass is 10.2. The van der Waals surface area contributed by atoms with Gasteiger partial charge in [0.05, 0.1) is 0 Å². The summed E-state index contributed by atoms with van der Waals surface area (Å²) in [5.74, 6) is 1.67. The van der Waals surface area contributed by atoms with Crippen LogP contribution in [0.5, 0.6) is 5.75 Å². The monoisotopic (exact) mass is 458 g/mol. The fourth-order valence-corrected chi connectivity index (χ4v) is 3.42. The molecule has 0 unspecified atom stereocenters. The topological polar surface area (TPSA) is 64.9 Å². The molecule has 0 radical (unpaired) electrons. The Kier molecular flexibility index (Phi) is 9.34. The molecule has 0 fully saturated rings. The molecular weight excluding hydrogens is 441 g/mol. The van der Waals surface area contributed by atoms with Crippen molar-refractivity contribution < 1.29 is 17.1 Å². The zero-order valence-electron chi connectivity index (χ0n) is 15.1. The third-order valence-corrected chi connectivity index (χ3v) is 5.24. The van der Waals surface area contributed by atoms with E-state index in [2.05, 4.69) is 20.8 Å². The number of thioether (sulfide) groups is 1. The molecule has 0 saturated carbocycles. The molecule has 0 amide bonds. The van der Waals surface area contributed by atoms with Crippen molar-refractivity contribution in [1.82, 2.24) is 25.5 Å². The number of tetrazole rings is 1. The summed E-state index contributed by atoms with van der Waals surface area (Å²) in [4.78, 5) is 0. The molecule has 3 rings (SSSR count). The van der Waals surface area contributed by atoms with Crippen LogP contribution in [-0.4, -0.2) is 32.5 Å². The van der Waals surface area contributed by atoms with E-state index >= 15 is 0 Å². The van der Waals surface area contributed by atoms with E-state index in [4.69, 9.17) is 27.9 Å².